The van der Waals surface area contributed by atoms with Crippen molar-refractivity contribution in [3.05, 3.63) is 0 Å². The van der Waals surface area contributed by atoms with Crippen molar-refractivity contribution in [3.8, 4) is 0 Å². The smallest absolute Gasteiger partial charge is 0.381 e. The molecule has 0 aromatic rings. The highest BCUT2D eigenvalue weighted by atomic mass is 31.2. The number of phosphoric acid groups is 2. The van der Waals surface area contributed by atoms with Gasteiger partial charge < -0.3 is 14.2 Å². The van der Waals surface area contributed by atoms with Gasteiger partial charge in [0.25, 0.3) is 0 Å². The number of rotatable bonds is 5. The van der Waals surface area contributed by atoms with E-state index in [1.807, 2.05) is 0 Å². The molecule has 0 fully saturated rings. The first-order valence-corrected chi connectivity index (χ1v) is 6.72. The summed E-state index contributed by atoms with van der Waals surface area (Å²) in [5.41, 5.74) is 0. The Hall–Kier alpha value is -0.800. The fourth-order valence-electron chi connectivity index (χ4n) is 0.589. The van der Waals surface area contributed by atoms with Crippen molar-refractivity contribution in [3.63, 3.8) is 0 Å². The van der Waals surface area contributed by atoms with Crippen LogP contribution < -0.4 is 0 Å². The van der Waals surface area contributed by atoms with Crippen LogP contribution in [0, 0.1) is 0 Å². The minimum atomic E-state index is -5.18. The molecule has 13 heteroatoms. The molecule has 0 bridgehead atoms. The maximum absolute atomic E-state index is 10.7. The zero-order valence-corrected chi connectivity index (χ0v) is 9.65. The van der Waals surface area contributed by atoms with E-state index in [1.165, 1.54) is 0 Å². The zero-order chi connectivity index (χ0) is 13.9. The summed E-state index contributed by atoms with van der Waals surface area (Å²) in [6.07, 6.45) is -3.55. The molecule has 1 atom stereocenters. The third-order valence-corrected chi connectivity index (χ3v) is 1.92. The SMILES string of the molecule is O=C(CC(O)C(=O)OP(=O)(O)O)OP(=O)(O)O. The summed E-state index contributed by atoms with van der Waals surface area (Å²) >= 11 is 0. The molecule has 5 N–H and O–H groups in total. The van der Waals surface area contributed by atoms with Crippen molar-refractivity contribution in [1.82, 2.24) is 0 Å². The molecule has 17 heavy (non-hydrogen) atoms. The number of aliphatic hydroxyl groups excluding tert-OH is 1. The predicted octanol–water partition coefficient (Wildman–Crippen LogP) is -1.99. The van der Waals surface area contributed by atoms with Crippen molar-refractivity contribution in [2.75, 3.05) is 0 Å². The van der Waals surface area contributed by atoms with Gasteiger partial charge in [0.05, 0.1) is 6.42 Å². The minimum Gasteiger partial charge on any atom is -0.381 e. The lowest BCUT2D eigenvalue weighted by molar-refractivity contribution is -0.151. The van der Waals surface area contributed by atoms with Gasteiger partial charge in [0.2, 0.25) is 0 Å². The van der Waals surface area contributed by atoms with Crippen molar-refractivity contribution in [1.29, 1.82) is 0 Å². The molecule has 100 valence electrons. The van der Waals surface area contributed by atoms with E-state index in [0.717, 1.165) is 0 Å². The molecule has 1 unspecified atom stereocenters. The first-order valence-electron chi connectivity index (χ1n) is 3.66. The van der Waals surface area contributed by atoms with Crippen LogP contribution in [0.3, 0.4) is 0 Å². The Balaban J connectivity index is 4.32. The van der Waals surface area contributed by atoms with Crippen LogP contribution in [0.4, 0.5) is 0 Å². The normalized spacial score (nSPS) is 13.9. The van der Waals surface area contributed by atoms with E-state index < -0.39 is 40.1 Å². The Labute approximate surface area is 93.5 Å². The molecular weight excluding hydrogens is 286 g/mol. The second-order valence-electron chi connectivity index (χ2n) is 2.57. The number of aliphatic hydroxyl groups is 1. The molecule has 0 aliphatic rings. The predicted molar refractivity (Wildman–Crippen MR) is 46.9 cm³/mol. The van der Waals surface area contributed by atoms with E-state index >= 15 is 0 Å². The van der Waals surface area contributed by atoms with Crippen LogP contribution in [0.15, 0.2) is 0 Å². The lowest BCUT2D eigenvalue weighted by Crippen LogP contribution is -2.25. The van der Waals surface area contributed by atoms with Gasteiger partial charge in [-0.3, -0.25) is 24.4 Å². The molecule has 0 aliphatic carbocycles. The lowest BCUT2D eigenvalue weighted by atomic mass is 10.3. The highest BCUT2D eigenvalue weighted by Gasteiger charge is 2.30. The van der Waals surface area contributed by atoms with Crippen molar-refractivity contribution in [2.24, 2.45) is 0 Å². The van der Waals surface area contributed by atoms with Crippen molar-refractivity contribution < 1.29 is 52.4 Å². The maximum atomic E-state index is 10.7. The van der Waals surface area contributed by atoms with Gasteiger partial charge in [0.1, 0.15) is 0 Å². The second kappa shape index (κ2) is 5.69. The van der Waals surface area contributed by atoms with Gasteiger partial charge >= 0.3 is 27.6 Å². The molecule has 0 saturated heterocycles. The molecule has 0 aliphatic heterocycles. The van der Waals surface area contributed by atoms with Gasteiger partial charge in [-0.2, -0.15) is 0 Å². The third-order valence-electron chi connectivity index (χ3n) is 1.06. The quantitative estimate of drug-likeness (QED) is 0.353. The van der Waals surface area contributed by atoms with Crippen LogP contribution in [0.2, 0.25) is 0 Å². The van der Waals surface area contributed by atoms with Crippen LogP contribution in [-0.4, -0.2) is 42.7 Å². The summed E-state index contributed by atoms with van der Waals surface area (Å²) in [5, 5.41) is 8.88. The summed E-state index contributed by atoms with van der Waals surface area (Å²) in [6.45, 7) is 0. The Morgan fingerprint density at radius 2 is 1.41 bits per heavy atom. The van der Waals surface area contributed by atoms with Crippen LogP contribution >= 0.6 is 15.6 Å². The van der Waals surface area contributed by atoms with E-state index in [4.69, 9.17) is 24.7 Å². The van der Waals surface area contributed by atoms with E-state index in [-0.39, 0.29) is 0 Å². The number of hydrogen-bond acceptors (Lipinski definition) is 7. The molecule has 0 saturated carbocycles. The summed E-state index contributed by atoms with van der Waals surface area (Å²) in [7, 11) is -10.3. The molecular formula is C4H8O11P2. The number of carbonyl (C=O) groups excluding carboxylic acids is 2. The van der Waals surface area contributed by atoms with Gasteiger partial charge in [0.15, 0.2) is 6.10 Å². The molecule has 0 aromatic carbocycles. The van der Waals surface area contributed by atoms with Gasteiger partial charge in [-0.25, -0.2) is 13.9 Å². The molecule has 0 radical (unpaired) electrons. The zero-order valence-electron chi connectivity index (χ0n) is 7.86. The Morgan fingerprint density at radius 3 is 1.76 bits per heavy atom. The van der Waals surface area contributed by atoms with Gasteiger partial charge in [0, 0.05) is 0 Å². The standard InChI is InChI=1S/C4H8O11P2/c5-2(4(7)15-17(11,12)13)1-3(6)14-16(8,9)10/h2,5H,1H2,(H2,8,9,10)(H2,11,12,13). The van der Waals surface area contributed by atoms with E-state index in [9.17, 15) is 18.7 Å². The average molecular weight is 294 g/mol. The number of carbonyl (C=O) groups is 2. The van der Waals surface area contributed by atoms with Crippen LogP contribution in [-0.2, 0) is 27.8 Å². The molecule has 0 amide bonds. The van der Waals surface area contributed by atoms with Crippen molar-refractivity contribution >= 4 is 27.6 Å². The monoisotopic (exact) mass is 294 g/mol. The summed E-state index contributed by atoms with van der Waals surface area (Å²) in [4.78, 5) is 54.0. The number of hydrogen-bond donors (Lipinski definition) is 5. The summed E-state index contributed by atoms with van der Waals surface area (Å²) in [6, 6.07) is 0. The maximum Gasteiger partial charge on any atom is 0.527 e. The highest BCUT2D eigenvalue weighted by molar-refractivity contribution is 7.47. The average Bonchev–Trinajstić information content (AvgIpc) is 1.95. The van der Waals surface area contributed by atoms with Crippen LogP contribution in [0.25, 0.3) is 0 Å². The second-order valence-corrected chi connectivity index (χ2v) is 4.90. The van der Waals surface area contributed by atoms with E-state index in [1.54, 1.807) is 0 Å². The largest absolute Gasteiger partial charge is 0.527 e. The fourth-order valence-corrected chi connectivity index (χ4v) is 1.29. The number of phosphoric ester groups is 2. The first kappa shape index (κ1) is 16.2. The first-order chi connectivity index (χ1) is 7.41. The third kappa shape index (κ3) is 8.95. The van der Waals surface area contributed by atoms with Crippen molar-refractivity contribution in [2.45, 2.75) is 12.5 Å². The minimum absolute atomic E-state index is 1.23. The van der Waals surface area contributed by atoms with Gasteiger partial charge in [-0.1, -0.05) is 0 Å². The fraction of sp³-hybridized carbons (Fsp3) is 0.500. The van der Waals surface area contributed by atoms with E-state index in [2.05, 4.69) is 9.05 Å². The van der Waals surface area contributed by atoms with Crippen LogP contribution in [0.1, 0.15) is 6.42 Å². The van der Waals surface area contributed by atoms with Crippen LogP contribution in [0.5, 0.6) is 0 Å². The molecule has 0 heterocycles. The Kier molecular flexibility index (Phi) is 5.43. The van der Waals surface area contributed by atoms with Gasteiger partial charge in [-0.15, -0.1) is 0 Å². The molecule has 0 spiro atoms. The topological polar surface area (TPSA) is 188 Å². The lowest BCUT2D eigenvalue weighted by Gasteiger charge is -2.10. The highest BCUT2D eigenvalue weighted by Crippen LogP contribution is 2.38. The summed E-state index contributed by atoms with van der Waals surface area (Å²) in [5.74, 6) is -3.48. The Morgan fingerprint density at radius 1 is 1.00 bits per heavy atom. The summed E-state index contributed by atoms with van der Waals surface area (Å²) < 4.78 is 27.2. The molecule has 11 nitrogen and oxygen atoms in total. The molecule has 0 aromatic heterocycles. The molecule has 0 rings (SSSR count). The van der Waals surface area contributed by atoms with E-state index in [0.29, 0.717) is 0 Å². The van der Waals surface area contributed by atoms with Gasteiger partial charge in [-0.05, 0) is 0 Å². The Bertz CT molecular complexity index is 388.